The summed E-state index contributed by atoms with van der Waals surface area (Å²) >= 11 is 0. The number of halogens is 1. The average Bonchev–Trinajstić information content (AvgIpc) is 2.58. The highest BCUT2D eigenvalue weighted by molar-refractivity contribution is 5.99. The van der Waals surface area contributed by atoms with Gasteiger partial charge in [0.1, 0.15) is 11.7 Å². The van der Waals surface area contributed by atoms with Crippen molar-refractivity contribution >= 4 is 5.84 Å². The number of benzene rings is 2. The lowest BCUT2D eigenvalue weighted by Crippen LogP contribution is -2.30. The second-order valence-electron chi connectivity index (χ2n) is 5.33. The van der Waals surface area contributed by atoms with E-state index >= 15 is 0 Å². The quantitative estimate of drug-likeness (QED) is 0.919. The van der Waals surface area contributed by atoms with E-state index in [0.29, 0.717) is 13.2 Å². The molecule has 0 aromatic heterocycles. The number of nitrogens with zero attached hydrogens (tertiary/aromatic N) is 1. The maximum absolute atomic E-state index is 12.8. The minimum Gasteiger partial charge on any atom is -0.372 e. The lowest BCUT2D eigenvalue weighted by molar-refractivity contribution is 0.107. The monoisotopic (exact) mass is 298 g/mol. The third-order valence-electron chi connectivity index (χ3n) is 3.55. The van der Waals surface area contributed by atoms with Gasteiger partial charge < -0.3 is 10.1 Å². The van der Waals surface area contributed by atoms with Crippen LogP contribution in [0.25, 0.3) is 0 Å². The van der Waals surface area contributed by atoms with Crippen LogP contribution < -0.4 is 5.32 Å². The number of hydrogen-bond acceptors (Lipinski definition) is 3. The van der Waals surface area contributed by atoms with Gasteiger partial charge in [0.15, 0.2) is 0 Å². The Labute approximate surface area is 129 Å². The molecule has 0 spiro atoms. The molecule has 1 heterocycles. The van der Waals surface area contributed by atoms with E-state index in [1.807, 2.05) is 12.1 Å². The predicted octanol–water partition coefficient (Wildman–Crippen LogP) is 3.28. The van der Waals surface area contributed by atoms with Crippen LogP contribution >= 0.6 is 0 Å². The Morgan fingerprint density at radius 1 is 1.05 bits per heavy atom. The summed E-state index contributed by atoms with van der Waals surface area (Å²) in [6.07, 6.45) is 1.09. The van der Waals surface area contributed by atoms with Crippen LogP contribution in [0, 0.1) is 5.82 Å². The lowest BCUT2D eigenvalue weighted by Gasteiger charge is -2.15. The van der Waals surface area contributed by atoms with E-state index < -0.39 is 0 Å². The molecule has 4 heteroatoms. The molecule has 0 saturated heterocycles. The summed E-state index contributed by atoms with van der Waals surface area (Å²) in [7, 11) is 0. The number of nitrogens with one attached hydrogen (secondary N) is 1. The lowest BCUT2D eigenvalue weighted by atomic mass is 10.1. The van der Waals surface area contributed by atoms with Crippen molar-refractivity contribution in [2.75, 3.05) is 13.1 Å². The predicted molar refractivity (Wildman–Crippen MR) is 85.4 cm³/mol. The maximum Gasteiger partial charge on any atom is 0.128 e. The largest absolute Gasteiger partial charge is 0.372 e. The van der Waals surface area contributed by atoms with Crippen LogP contribution in [0.5, 0.6) is 0 Å². The maximum atomic E-state index is 12.8. The SMILES string of the molecule is Fc1ccc(COCc2cccc(C3=NCCCN3)c2)cc1. The van der Waals surface area contributed by atoms with Gasteiger partial charge in [0.25, 0.3) is 0 Å². The number of amidine groups is 1. The standard InChI is InChI=1S/C18H19FN2O/c19-17-7-5-14(6-8-17)12-22-13-15-3-1-4-16(11-15)18-20-9-2-10-21-18/h1,3-8,11H,2,9-10,12-13H2,(H,20,21). The van der Waals surface area contributed by atoms with E-state index in [9.17, 15) is 4.39 Å². The second kappa shape index (κ2) is 7.18. The molecule has 0 amide bonds. The summed E-state index contributed by atoms with van der Waals surface area (Å²) in [6, 6.07) is 14.6. The molecule has 0 fully saturated rings. The van der Waals surface area contributed by atoms with Crippen molar-refractivity contribution in [2.24, 2.45) is 4.99 Å². The molecule has 22 heavy (non-hydrogen) atoms. The fourth-order valence-electron chi connectivity index (χ4n) is 2.40. The zero-order chi connectivity index (χ0) is 15.2. The molecule has 2 aromatic carbocycles. The van der Waals surface area contributed by atoms with Gasteiger partial charge in [-0.15, -0.1) is 0 Å². The molecule has 0 radical (unpaired) electrons. The Kier molecular flexibility index (Phi) is 4.81. The van der Waals surface area contributed by atoms with Crippen molar-refractivity contribution in [2.45, 2.75) is 19.6 Å². The fraction of sp³-hybridized carbons (Fsp3) is 0.278. The first-order valence-corrected chi connectivity index (χ1v) is 7.51. The molecule has 1 N–H and O–H groups in total. The molecule has 3 nitrogen and oxygen atoms in total. The zero-order valence-corrected chi connectivity index (χ0v) is 12.4. The van der Waals surface area contributed by atoms with Crippen LogP contribution in [0.3, 0.4) is 0 Å². The first kappa shape index (κ1) is 14.7. The molecule has 0 atom stereocenters. The molecule has 0 aliphatic carbocycles. The highest BCUT2D eigenvalue weighted by Gasteiger charge is 2.07. The molecule has 0 bridgehead atoms. The van der Waals surface area contributed by atoms with Crippen molar-refractivity contribution in [3.8, 4) is 0 Å². The minimum atomic E-state index is -0.225. The van der Waals surface area contributed by atoms with Crippen molar-refractivity contribution in [3.05, 3.63) is 71.0 Å². The van der Waals surface area contributed by atoms with Crippen LogP contribution in [-0.4, -0.2) is 18.9 Å². The first-order chi connectivity index (χ1) is 10.8. The summed E-state index contributed by atoms with van der Waals surface area (Å²) in [6.45, 7) is 2.86. The Bertz CT molecular complexity index is 652. The van der Waals surface area contributed by atoms with E-state index in [-0.39, 0.29) is 5.82 Å². The van der Waals surface area contributed by atoms with E-state index in [1.54, 1.807) is 12.1 Å². The summed E-state index contributed by atoms with van der Waals surface area (Å²) in [5.74, 6) is 0.740. The Balaban J connectivity index is 1.58. The van der Waals surface area contributed by atoms with Crippen molar-refractivity contribution in [3.63, 3.8) is 0 Å². The van der Waals surface area contributed by atoms with Gasteiger partial charge in [0.2, 0.25) is 0 Å². The molecule has 3 rings (SSSR count). The first-order valence-electron chi connectivity index (χ1n) is 7.51. The summed E-state index contributed by atoms with van der Waals surface area (Å²) in [4.78, 5) is 4.51. The molecular weight excluding hydrogens is 279 g/mol. The van der Waals surface area contributed by atoms with Gasteiger partial charge in [-0.3, -0.25) is 4.99 Å². The normalized spacial score (nSPS) is 14.3. The average molecular weight is 298 g/mol. The zero-order valence-electron chi connectivity index (χ0n) is 12.4. The van der Waals surface area contributed by atoms with Crippen LogP contribution in [0.15, 0.2) is 53.5 Å². The number of hydrogen-bond donors (Lipinski definition) is 1. The van der Waals surface area contributed by atoms with Gasteiger partial charge >= 0.3 is 0 Å². The summed E-state index contributed by atoms with van der Waals surface area (Å²) < 4.78 is 18.5. The molecule has 1 aliphatic rings. The van der Waals surface area contributed by atoms with Crippen LogP contribution in [-0.2, 0) is 18.0 Å². The van der Waals surface area contributed by atoms with Gasteiger partial charge in [-0.25, -0.2) is 4.39 Å². The minimum absolute atomic E-state index is 0.225. The van der Waals surface area contributed by atoms with Crippen molar-refractivity contribution in [1.29, 1.82) is 0 Å². The molecule has 1 aliphatic heterocycles. The highest BCUT2D eigenvalue weighted by atomic mass is 19.1. The fourth-order valence-corrected chi connectivity index (χ4v) is 2.40. The smallest absolute Gasteiger partial charge is 0.128 e. The topological polar surface area (TPSA) is 33.6 Å². The van der Waals surface area contributed by atoms with Crippen LogP contribution in [0.1, 0.15) is 23.1 Å². The number of rotatable bonds is 5. The molecule has 0 saturated carbocycles. The van der Waals surface area contributed by atoms with E-state index in [1.165, 1.54) is 12.1 Å². The number of aliphatic imine (C=N–C) groups is 1. The van der Waals surface area contributed by atoms with E-state index in [0.717, 1.165) is 42.0 Å². The third-order valence-corrected chi connectivity index (χ3v) is 3.55. The van der Waals surface area contributed by atoms with Crippen molar-refractivity contribution in [1.82, 2.24) is 5.32 Å². The Hall–Kier alpha value is -2.20. The van der Waals surface area contributed by atoms with Gasteiger partial charge in [-0.2, -0.15) is 0 Å². The van der Waals surface area contributed by atoms with Gasteiger partial charge in [0.05, 0.1) is 13.2 Å². The van der Waals surface area contributed by atoms with E-state index in [2.05, 4.69) is 22.4 Å². The van der Waals surface area contributed by atoms with Gasteiger partial charge in [-0.05, 0) is 35.7 Å². The number of ether oxygens (including phenoxy) is 1. The third kappa shape index (κ3) is 3.92. The molecular formula is C18H19FN2O. The van der Waals surface area contributed by atoms with Gasteiger partial charge in [-0.1, -0.05) is 30.3 Å². The Morgan fingerprint density at radius 2 is 1.86 bits per heavy atom. The molecule has 114 valence electrons. The summed E-state index contributed by atoms with van der Waals surface area (Å²) in [5.41, 5.74) is 3.17. The Morgan fingerprint density at radius 3 is 2.64 bits per heavy atom. The summed E-state index contributed by atoms with van der Waals surface area (Å²) in [5, 5.41) is 3.32. The van der Waals surface area contributed by atoms with Crippen LogP contribution in [0.4, 0.5) is 4.39 Å². The van der Waals surface area contributed by atoms with Crippen LogP contribution in [0.2, 0.25) is 0 Å². The molecule has 2 aromatic rings. The second-order valence-corrected chi connectivity index (χ2v) is 5.33. The van der Waals surface area contributed by atoms with E-state index in [4.69, 9.17) is 4.74 Å². The van der Waals surface area contributed by atoms with Crippen molar-refractivity contribution < 1.29 is 9.13 Å². The van der Waals surface area contributed by atoms with Gasteiger partial charge in [0, 0.05) is 18.7 Å². The molecule has 0 unspecified atom stereocenters. The highest BCUT2D eigenvalue weighted by Crippen LogP contribution is 2.11.